The molecule has 102 valence electrons. The first-order valence-corrected chi connectivity index (χ1v) is 7.19. The second kappa shape index (κ2) is 6.16. The molecule has 3 heteroatoms. The number of rotatable bonds is 4. The van der Waals surface area contributed by atoms with Crippen molar-refractivity contribution in [3.05, 3.63) is 34.1 Å². The Kier molecular flexibility index (Phi) is 5.35. The molecule has 0 saturated heterocycles. The largest absolute Gasteiger partial charge is 0.327 e. The van der Waals surface area contributed by atoms with Crippen molar-refractivity contribution in [2.75, 3.05) is 0 Å². The van der Waals surface area contributed by atoms with E-state index in [4.69, 9.17) is 5.73 Å². The summed E-state index contributed by atoms with van der Waals surface area (Å²) >= 11 is 3.39. The Morgan fingerprint density at radius 2 is 1.94 bits per heavy atom. The van der Waals surface area contributed by atoms with E-state index in [9.17, 15) is 4.39 Å². The quantitative estimate of drug-likeness (QED) is 0.868. The first-order chi connectivity index (χ1) is 8.20. The zero-order valence-electron chi connectivity index (χ0n) is 11.6. The third kappa shape index (κ3) is 4.69. The molecule has 0 bridgehead atoms. The van der Waals surface area contributed by atoms with Gasteiger partial charge < -0.3 is 5.73 Å². The van der Waals surface area contributed by atoms with Gasteiger partial charge in [-0.05, 0) is 41.9 Å². The molecular formula is C15H23BrFN. The molecule has 2 unspecified atom stereocenters. The number of hydrogen-bond acceptors (Lipinski definition) is 1. The Morgan fingerprint density at radius 3 is 2.44 bits per heavy atom. The third-order valence-corrected chi connectivity index (χ3v) is 4.37. The molecule has 18 heavy (non-hydrogen) atoms. The molecule has 0 amide bonds. The van der Waals surface area contributed by atoms with Gasteiger partial charge in [0.25, 0.3) is 0 Å². The second-order valence-corrected chi connectivity index (χ2v) is 7.06. The van der Waals surface area contributed by atoms with Gasteiger partial charge in [-0.25, -0.2) is 4.39 Å². The topological polar surface area (TPSA) is 26.0 Å². The van der Waals surface area contributed by atoms with Crippen molar-refractivity contribution in [2.45, 2.75) is 46.6 Å². The van der Waals surface area contributed by atoms with E-state index >= 15 is 0 Å². The normalized spacial score (nSPS) is 15.5. The van der Waals surface area contributed by atoms with E-state index in [1.165, 1.54) is 12.1 Å². The van der Waals surface area contributed by atoms with Crippen LogP contribution >= 0.6 is 15.9 Å². The fourth-order valence-electron chi connectivity index (χ4n) is 1.86. The average molecular weight is 316 g/mol. The van der Waals surface area contributed by atoms with Crippen molar-refractivity contribution < 1.29 is 4.39 Å². The van der Waals surface area contributed by atoms with Crippen LogP contribution in [-0.2, 0) is 6.42 Å². The Hall–Kier alpha value is -0.410. The lowest BCUT2D eigenvalue weighted by Gasteiger charge is -2.29. The molecule has 0 saturated carbocycles. The van der Waals surface area contributed by atoms with Crippen molar-refractivity contribution in [3.8, 4) is 0 Å². The van der Waals surface area contributed by atoms with Gasteiger partial charge in [0.1, 0.15) is 5.82 Å². The Morgan fingerprint density at radius 1 is 1.33 bits per heavy atom. The summed E-state index contributed by atoms with van der Waals surface area (Å²) in [6.07, 6.45) is 1.76. The van der Waals surface area contributed by atoms with Crippen LogP contribution in [0.2, 0.25) is 0 Å². The SMILES string of the molecule is CC(CC(N)Cc1ccc(F)cc1Br)C(C)(C)C. The predicted molar refractivity (Wildman–Crippen MR) is 79.0 cm³/mol. The van der Waals surface area contributed by atoms with E-state index < -0.39 is 0 Å². The third-order valence-electron chi connectivity index (χ3n) is 3.63. The number of hydrogen-bond donors (Lipinski definition) is 1. The molecule has 0 radical (unpaired) electrons. The lowest BCUT2D eigenvalue weighted by Crippen LogP contribution is -2.30. The van der Waals surface area contributed by atoms with Gasteiger partial charge in [-0.1, -0.05) is 49.7 Å². The Bertz CT molecular complexity index is 398. The molecule has 1 nitrogen and oxygen atoms in total. The molecule has 1 aromatic carbocycles. The molecule has 0 aromatic heterocycles. The van der Waals surface area contributed by atoms with E-state index in [0.717, 1.165) is 22.9 Å². The minimum Gasteiger partial charge on any atom is -0.327 e. The number of benzene rings is 1. The van der Waals surface area contributed by atoms with E-state index in [1.807, 2.05) is 0 Å². The summed E-state index contributed by atoms with van der Waals surface area (Å²) in [7, 11) is 0. The van der Waals surface area contributed by atoms with E-state index in [0.29, 0.717) is 5.92 Å². The van der Waals surface area contributed by atoms with Gasteiger partial charge in [-0.3, -0.25) is 0 Å². The van der Waals surface area contributed by atoms with Crippen LogP contribution in [0.4, 0.5) is 4.39 Å². The van der Waals surface area contributed by atoms with Crippen LogP contribution in [0.5, 0.6) is 0 Å². The summed E-state index contributed by atoms with van der Waals surface area (Å²) < 4.78 is 13.8. The van der Waals surface area contributed by atoms with Gasteiger partial charge in [-0.2, -0.15) is 0 Å². The molecule has 2 N–H and O–H groups in total. The maximum absolute atomic E-state index is 13.0. The highest BCUT2D eigenvalue weighted by atomic mass is 79.9. The zero-order valence-corrected chi connectivity index (χ0v) is 13.2. The summed E-state index contributed by atoms with van der Waals surface area (Å²) in [5.74, 6) is 0.342. The summed E-state index contributed by atoms with van der Waals surface area (Å²) in [4.78, 5) is 0. The van der Waals surface area contributed by atoms with E-state index in [1.54, 1.807) is 6.07 Å². The fourth-order valence-corrected chi connectivity index (χ4v) is 2.37. The van der Waals surface area contributed by atoms with Crippen molar-refractivity contribution in [2.24, 2.45) is 17.1 Å². The molecule has 2 atom stereocenters. The van der Waals surface area contributed by atoms with Crippen LogP contribution in [0.25, 0.3) is 0 Å². The number of halogens is 2. The van der Waals surface area contributed by atoms with E-state index in [2.05, 4.69) is 43.6 Å². The summed E-state index contributed by atoms with van der Waals surface area (Å²) in [6.45, 7) is 8.94. The highest BCUT2D eigenvalue weighted by Gasteiger charge is 2.22. The summed E-state index contributed by atoms with van der Waals surface area (Å²) in [6, 6.07) is 4.90. The molecule has 0 aliphatic rings. The maximum Gasteiger partial charge on any atom is 0.124 e. The standard InChI is InChI=1S/C15H23BrFN/c1-10(15(2,3)4)7-13(18)8-11-5-6-12(17)9-14(11)16/h5-6,9-10,13H,7-8,18H2,1-4H3. The minimum atomic E-state index is -0.220. The van der Waals surface area contributed by atoms with Crippen LogP contribution < -0.4 is 5.73 Å². The molecular weight excluding hydrogens is 293 g/mol. The zero-order chi connectivity index (χ0) is 13.9. The first-order valence-electron chi connectivity index (χ1n) is 6.39. The predicted octanol–water partition coefficient (Wildman–Crippen LogP) is 4.53. The van der Waals surface area contributed by atoms with Crippen LogP contribution in [-0.4, -0.2) is 6.04 Å². The maximum atomic E-state index is 13.0. The van der Waals surface area contributed by atoms with Crippen molar-refractivity contribution in [3.63, 3.8) is 0 Å². The molecule has 0 aliphatic carbocycles. The summed E-state index contributed by atoms with van der Waals surface area (Å²) in [5.41, 5.74) is 7.55. The first kappa shape index (κ1) is 15.6. The Balaban J connectivity index is 2.62. The molecule has 0 heterocycles. The molecule has 0 aliphatic heterocycles. The van der Waals surface area contributed by atoms with Crippen molar-refractivity contribution in [1.82, 2.24) is 0 Å². The van der Waals surface area contributed by atoms with Gasteiger partial charge in [-0.15, -0.1) is 0 Å². The van der Waals surface area contributed by atoms with Crippen LogP contribution in [0.1, 0.15) is 39.7 Å². The molecule has 0 fully saturated rings. The second-order valence-electron chi connectivity index (χ2n) is 6.20. The van der Waals surface area contributed by atoms with Crippen molar-refractivity contribution >= 4 is 15.9 Å². The van der Waals surface area contributed by atoms with Crippen LogP contribution in [0.15, 0.2) is 22.7 Å². The molecule has 1 rings (SSSR count). The van der Waals surface area contributed by atoms with Gasteiger partial charge in [0, 0.05) is 10.5 Å². The fraction of sp³-hybridized carbons (Fsp3) is 0.600. The van der Waals surface area contributed by atoms with Gasteiger partial charge >= 0.3 is 0 Å². The van der Waals surface area contributed by atoms with Crippen LogP contribution in [0.3, 0.4) is 0 Å². The van der Waals surface area contributed by atoms with Crippen LogP contribution in [0, 0.1) is 17.2 Å². The number of nitrogens with two attached hydrogens (primary N) is 1. The highest BCUT2D eigenvalue weighted by Crippen LogP contribution is 2.29. The molecule has 0 spiro atoms. The van der Waals surface area contributed by atoms with E-state index in [-0.39, 0.29) is 17.3 Å². The van der Waals surface area contributed by atoms with Gasteiger partial charge in [0.2, 0.25) is 0 Å². The molecule has 1 aromatic rings. The van der Waals surface area contributed by atoms with Crippen molar-refractivity contribution in [1.29, 1.82) is 0 Å². The summed E-state index contributed by atoms with van der Waals surface area (Å²) in [5, 5.41) is 0. The average Bonchev–Trinajstić information content (AvgIpc) is 2.20. The smallest absolute Gasteiger partial charge is 0.124 e. The lowest BCUT2D eigenvalue weighted by molar-refractivity contribution is 0.233. The lowest BCUT2D eigenvalue weighted by atomic mass is 9.78. The highest BCUT2D eigenvalue weighted by molar-refractivity contribution is 9.10. The minimum absolute atomic E-state index is 0.112. The van der Waals surface area contributed by atoms with Gasteiger partial charge in [0.15, 0.2) is 0 Å². The monoisotopic (exact) mass is 315 g/mol. The van der Waals surface area contributed by atoms with Gasteiger partial charge in [0.05, 0.1) is 0 Å². The Labute approximate surface area is 118 Å².